The molecule has 1 unspecified atom stereocenters. The number of benzene rings is 2. The number of hydrogen-bond acceptors (Lipinski definition) is 9. The molecule has 0 amide bonds. The van der Waals surface area contributed by atoms with Crippen molar-refractivity contribution < 1.29 is 27.0 Å². The highest BCUT2D eigenvalue weighted by Gasteiger charge is 2.42. The largest absolute Gasteiger partial charge is 0.492 e. The lowest BCUT2D eigenvalue weighted by molar-refractivity contribution is -0.0196. The van der Waals surface area contributed by atoms with Crippen molar-refractivity contribution in [3.05, 3.63) is 52.3 Å². The number of nitriles is 1. The van der Waals surface area contributed by atoms with Crippen LogP contribution in [0.1, 0.15) is 37.8 Å². The van der Waals surface area contributed by atoms with E-state index in [9.17, 15) is 18.5 Å². The average molecular weight is 587 g/mol. The first-order chi connectivity index (χ1) is 19.6. The summed E-state index contributed by atoms with van der Waals surface area (Å²) in [6.45, 7) is 3.89. The first kappa shape index (κ1) is 28.7. The van der Waals surface area contributed by atoms with Gasteiger partial charge in [-0.3, -0.25) is 14.1 Å². The highest BCUT2D eigenvalue weighted by atomic mass is 32.2. The Labute approximate surface area is 236 Å². The molecule has 41 heavy (non-hydrogen) atoms. The van der Waals surface area contributed by atoms with E-state index in [1.165, 1.54) is 37.2 Å². The molecular weight excluding hydrogens is 555 g/mol. The Balaban J connectivity index is 1.54. The van der Waals surface area contributed by atoms with Gasteiger partial charge < -0.3 is 19.5 Å². The second-order valence-electron chi connectivity index (χ2n) is 10.1. The Morgan fingerprint density at radius 2 is 2.05 bits per heavy atom. The average Bonchev–Trinajstić information content (AvgIpc) is 3.37. The van der Waals surface area contributed by atoms with Crippen molar-refractivity contribution >= 4 is 26.8 Å². The van der Waals surface area contributed by atoms with E-state index in [2.05, 4.69) is 15.0 Å². The maximum atomic E-state index is 15.0. The van der Waals surface area contributed by atoms with Gasteiger partial charge in [0.05, 0.1) is 42.9 Å². The summed E-state index contributed by atoms with van der Waals surface area (Å²) in [7, 11) is -1.30. The van der Waals surface area contributed by atoms with Gasteiger partial charge in [-0.25, -0.2) is 9.37 Å². The number of nitrogens with zero attached hydrogens (tertiary/aromatic N) is 4. The lowest BCUT2D eigenvalue weighted by atomic mass is 9.88. The molecule has 12 nitrogen and oxygen atoms in total. The van der Waals surface area contributed by atoms with Crippen LogP contribution in [0.25, 0.3) is 10.9 Å². The second-order valence-corrected chi connectivity index (χ2v) is 11.9. The van der Waals surface area contributed by atoms with E-state index in [1.54, 1.807) is 6.92 Å². The van der Waals surface area contributed by atoms with E-state index in [-0.39, 0.29) is 51.9 Å². The van der Waals surface area contributed by atoms with E-state index < -0.39 is 21.8 Å². The molecule has 2 N–H and O–H groups in total. The zero-order valence-electron chi connectivity index (χ0n) is 22.9. The molecule has 1 atom stereocenters. The molecule has 3 heterocycles. The molecular formula is C27H31FN6O6S. The highest BCUT2D eigenvalue weighted by Crippen LogP contribution is 2.41. The van der Waals surface area contributed by atoms with Gasteiger partial charge in [-0.1, -0.05) is 6.92 Å². The molecule has 1 spiro atoms. The third-order valence-electron chi connectivity index (χ3n) is 7.70. The van der Waals surface area contributed by atoms with Crippen molar-refractivity contribution in [3.63, 3.8) is 0 Å². The predicted octanol–water partition coefficient (Wildman–Crippen LogP) is 2.90. The van der Waals surface area contributed by atoms with Crippen LogP contribution >= 0.6 is 0 Å². The zero-order valence-corrected chi connectivity index (χ0v) is 23.8. The molecule has 2 aromatic carbocycles. The van der Waals surface area contributed by atoms with Gasteiger partial charge in [-0.2, -0.15) is 18.0 Å². The molecule has 2 aliphatic rings. The summed E-state index contributed by atoms with van der Waals surface area (Å²) in [6.07, 6.45) is 3.89. The lowest BCUT2D eigenvalue weighted by Gasteiger charge is -2.32. The molecule has 1 aromatic heterocycles. The Morgan fingerprint density at radius 1 is 1.29 bits per heavy atom. The summed E-state index contributed by atoms with van der Waals surface area (Å²) in [5, 5.41) is 13.3. The molecule has 14 heteroatoms. The van der Waals surface area contributed by atoms with Gasteiger partial charge in [0.25, 0.3) is 5.56 Å². The Bertz CT molecular complexity index is 1680. The first-order valence-electron chi connectivity index (χ1n) is 13.2. The van der Waals surface area contributed by atoms with Crippen molar-refractivity contribution in [3.8, 4) is 23.3 Å². The number of ether oxygens (including phenoxy) is 3. The number of piperidine rings is 1. The van der Waals surface area contributed by atoms with E-state index in [4.69, 9.17) is 14.2 Å². The number of nitrogens with one attached hydrogen (secondary N) is 2. The topological polar surface area (TPSA) is 148 Å². The van der Waals surface area contributed by atoms with E-state index >= 15 is 4.39 Å². The van der Waals surface area contributed by atoms with Gasteiger partial charge >= 0.3 is 10.2 Å². The smallest absolute Gasteiger partial charge is 0.301 e. The standard InChI is InChI=1S/C27H31FN6O6S/c1-4-33(2)41(36,37)32-20-6-5-19(28)24(18(20)14-29)40-22-8-7-21-23(25(22)38-3)26(35)34(16-31-21)17-13-27(39-15-17)9-11-30-12-10-27/h5-8,16-17,30,32H,4,9-13,15H2,1-3H3. The maximum Gasteiger partial charge on any atom is 0.301 e. The van der Waals surface area contributed by atoms with Crippen LogP contribution in [0, 0.1) is 17.1 Å². The van der Waals surface area contributed by atoms with E-state index in [0.29, 0.717) is 18.5 Å². The molecule has 5 rings (SSSR count). The molecule has 0 saturated carbocycles. The SMILES string of the molecule is CCN(C)S(=O)(=O)Nc1ccc(F)c(Oc2ccc3ncn(C4COC5(CCNCC5)C4)c(=O)c3c2OC)c1C#N. The van der Waals surface area contributed by atoms with Crippen LogP contribution < -0.4 is 25.1 Å². The van der Waals surface area contributed by atoms with Gasteiger partial charge in [0.2, 0.25) is 0 Å². The molecule has 3 aromatic rings. The Hall–Kier alpha value is -3.77. The van der Waals surface area contributed by atoms with Gasteiger partial charge in [-0.15, -0.1) is 0 Å². The van der Waals surface area contributed by atoms with E-state index in [1.807, 2.05) is 6.07 Å². The molecule has 0 aliphatic carbocycles. The summed E-state index contributed by atoms with van der Waals surface area (Å²) in [5.74, 6) is -1.47. The molecule has 2 saturated heterocycles. The summed E-state index contributed by atoms with van der Waals surface area (Å²) in [4.78, 5) is 18.2. The van der Waals surface area contributed by atoms with Crippen LogP contribution in [0.2, 0.25) is 0 Å². The predicted molar refractivity (Wildman–Crippen MR) is 149 cm³/mol. The first-order valence-corrected chi connectivity index (χ1v) is 14.6. The molecule has 2 aliphatic heterocycles. The minimum atomic E-state index is -4.01. The van der Waals surface area contributed by atoms with Gasteiger partial charge in [0.1, 0.15) is 17.0 Å². The van der Waals surface area contributed by atoms with Crippen molar-refractivity contribution in [2.75, 3.05) is 45.1 Å². The zero-order chi connectivity index (χ0) is 29.4. The van der Waals surface area contributed by atoms with Crippen molar-refractivity contribution in [2.24, 2.45) is 0 Å². The van der Waals surface area contributed by atoms with Gasteiger partial charge in [0.15, 0.2) is 23.1 Å². The fourth-order valence-electron chi connectivity index (χ4n) is 5.30. The summed E-state index contributed by atoms with van der Waals surface area (Å²) >= 11 is 0. The van der Waals surface area contributed by atoms with E-state index in [0.717, 1.165) is 42.4 Å². The quantitative estimate of drug-likeness (QED) is 0.407. The monoisotopic (exact) mass is 586 g/mol. The van der Waals surface area contributed by atoms with Crippen LogP contribution in [0.5, 0.6) is 17.2 Å². The summed E-state index contributed by atoms with van der Waals surface area (Å²) in [5.41, 5.74) is -0.846. The number of methoxy groups -OCH3 is 1. The van der Waals surface area contributed by atoms with Crippen LogP contribution in [0.4, 0.5) is 10.1 Å². The highest BCUT2D eigenvalue weighted by molar-refractivity contribution is 7.90. The Morgan fingerprint density at radius 3 is 2.73 bits per heavy atom. The summed E-state index contributed by atoms with van der Waals surface area (Å²) in [6, 6.07) is 6.70. The lowest BCUT2D eigenvalue weighted by Crippen LogP contribution is -2.41. The number of hydrogen-bond donors (Lipinski definition) is 2. The fourth-order valence-corrected chi connectivity index (χ4v) is 6.24. The van der Waals surface area contributed by atoms with Gasteiger partial charge in [-0.05, 0) is 56.6 Å². The molecule has 0 radical (unpaired) electrons. The van der Waals surface area contributed by atoms with Crippen LogP contribution in [0.15, 0.2) is 35.4 Å². The van der Waals surface area contributed by atoms with Gasteiger partial charge in [0, 0.05) is 13.6 Å². The normalized spacial score (nSPS) is 18.5. The molecule has 2 fully saturated rings. The molecule has 218 valence electrons. The third-order valence-corrected chi connectivity index (χ3v) is 9.26. The van der Waals surface area contributed by atoms with Crippen LogP contribution in [-0.2, 0) is 14.9 Å². The number of aromatic nitrogens is 2. The summed E-state index contributed by atoms with van der Waals surface area (Å²) < 4.78 is 62.6. The van der Waals surface area contributed by atoms with Crippen molar-refractivity contribution in [1.29, 1.82) is 5.26 Å². The minimum Gasteiger partial charge on any atom is -0.492 e. The minimum absolute atomic E-state index is 0.00448. The Kier molecular flexibility index (Phi) is 7.89. The molecule has 0 bridgehead atoms. The van der Waals surface area contributed by atoms with Crippen molar-refractivity contribution in [2.45, 2.75) is 37.8 Å². The third kappa shape index (κ3) is 5.33. The number of halogens is 1. The van der Waals surface area contributed by atoms with Crippen molar-refractivity contribution in [1.82, 2.24) is 19.2 Å². The number of anilines is 1. The second kappa shape index (κ2) is 11.2. The fraction of sp³-hybridized carbons (Fsp3) is 0.444. The number of fused-ring (bicyclic) bond motifs is 1. The van der Waals surface area contributed by atoms with Crippen LogP contribution in [-0.4, -0.2) is 68.3 Å². The maximum absolute atomic E-state index is 15.0. The van der Waals surface area contributed by atoms with Crippen LogP contribution in [0.3, 0.4) is 0 Å². The number of rotatable bonds is 8.